The Labute approximate surface area is 869 Å². The fourth-order valence-corrected chi connectivity index (χ4v) is 8.71. The quantitative estimate of drug-likeness (QED) is 0.0285. The third-order valence-corrected chi connectivity index (χ3v) is 13.1. The van der Waals surface area contributed by atoms with Crippen LogP contribution in [-0.2, 0) is 101 Å². The summed E-state index contributed by atoms with van der Waals surface area (Å²) in [6.07, 6.45) is 13.6. The van der Waals surface area contributed by atoms with Gasteiger partial charge >= 0.3 is 167 Å². The Hall–Kier alpha value is -9.18. The number of isothiocyanates is 2. The monoisotopic (exact) mass is 2340 g/mol. The van der Waals surface area contributed by atoms with Gasteiger partial charge in [-0.15, -0.1) is 92.8 Å². The van der Waals surface area contributed by atoms with Gasteiger partial charge in [0.15, 0.2) is 0 Å². The van der Waals surface area contributed by atoms with E-state index in [1.165, 1.54) is 10.3 Å². The molecular weight excluding hydrogens is 2290 g/mol. The van der Waals surface area contributed by atoms with Crippen LogP contribution in [0.2, 0.25) is 0 Å². The van der Waals surface area contributed by atoms with Crippen molar-refractivity contribution in [2.45, 2.75) is 0 Å². The third-order valence-electron chi connectivity index (χ3n) is 13.1. The summed E-state index contributed by atoms with van der Waals surface area (Å²) in [6, 6.07) is 74.6. The van der Waals surface area contributed by atoms with Crippen molar-refractivity contribution in [3.05, 3.63) is 346 Å². The average Bonchev–Trinajstić information content (AvgIpc) is 0.790. The van der Waals surface area contributed by atoms with Gasteiger partial charge in [0.25, 0.3) is 0 Å². The molecule has 0 unspecified atom stereocenters. The molecule has 0 amide bonds. The second-order valence-corrected chi connectivity index (χ2v) is 29.9. The van der Waals surface area contributed by atoms with E-state index in [0.717, 1.165) is 21.5 Å². The predicted molar refractivity (Wildman–Crippen MR) is 499 cm³/mol. The molecule has 0 spiro atoms. The summed E-state index contributed by atoms with van der Waals surface area (Å²) in [5.41, 5.74) is 2.35. The van der Waals surface area contributed by atoms with Crippen LogP contribution in [-0.4, -0.2) is 111 Å². The van der Waals surface area contributed by atoms with Crippen LogP contribution in [0.3, 0.4) is 0 Å². The minimum atomic E-state index is -10.7. The minimum absolute atomic E-state index is 0. The summed E-state index contributed by atoms with van der Waals surface area (Å²) in [5.74, 6) is 9.35. The number of hydrogen-bond acceptors (Lipinski definition) is 18. The Morgan fingerprint density at radius 1 is 0.209 bits per heavy atom. The molecule has 0 aromatic carbocycles. The number of alkyl halides is 8. The first kappa shape index (κ1) is 127. The summed E-state index contributed by atoms with van der Waals surface area (Å²) in [6.45, 7) is 0. The summed E-state index contributed by atoms with van der Waals surface area (Å²) >= 11 is 45.5. The van der Waals surface area contributed by atoms with Gasteiger partial charge in [-0.1, -0.05) is 170 Å². The predicted octanol–water partition coefficient (Wildman–Crippen LogP) is 34.1. The van der Waals surface area contributed by atoms with Crippen LogP contribution in [0.25, 0.3) is 97.5 Å². The van der Waals surface area contributed by atoms with Gasteiger partial charge in [0, 0.05) is 116 Å². The number of fused-ring (bicyclic) bond motifs is 4. The van der Waals surface area contributed by atoms with Gasteiger partial charge < -0.3 is 133 Å². The molecule has 0 saturated heterocycles. The summed E-state index contributed by atoms with van der Waals surface area (Å²) in [7, 11) is -21.3. The van der Waals surface area contributed by atoms with E-state index < -0.39 is 15.6 Å². The normalized spacial score (nSPS) is 10.6. The fourth-order valence-electron chi connectivity index (χ4n) is 8.71. The van der Waals surface area contributed by atoms with Gasteiger partial charge in [0.1, 0.15) is 0 Å². The molecular formula is C78H56Cl8Co6F12N26P2S2. The molecule has 56 heteroatoms. The Bertz CT molecular complexity index is 5060. The number of nitrogens with zero attached hydrogens (tertiary/aromatic N) is 26. The van der Waals surface area contributed by atoms with E-state index in [9.17, 15) is 50.4 Å². The van der Waals surface area contributed by atoms with E-state index in [-0.39, 0.29) is 122 Å². The molecule has 0 bridgehead atoms. The standard InChI is InChI=1S/4C18H12N6.4CH2Cl2.2CNS.6Co.2F6P/c4*1-3-11-19-14(5-1)21-16-9-7-13-8-10-17(24-18(13)23-16)22-15-6-2-4-12-20-15;6*2-1-3;;;;;;;2*1-7(2,3,4,5)6/h4*1-12H;4*1H2;;;;;;;;;;/q4*-2;;;;;2*-1;6*+2;2*-1. The smallest absolute Gasteiger partial charge is 0.753 e. The first-order valence-electron chi connectivity index (χ1n) is 34.6. The molecule has 16 aromatic rings. The molecule has 0 aliphatic rings. The van der Waals surface area contributed by atoms with Crippen molar-refractivity contribution in [1.82, 2.24) is 79.7 Å². The molecule has 0 aliphatic heterocycles. The zero-order valence-electron chi connectivity index (χ0n) is 66.4. The number of thiocarbonyl (C=S) groups is 2. The number of halogens is 20. The zero-order valence-corrected chi connectivity index (χ0v) is 82.2. The first-order chi connectivity index (χ1) is 60.8. The molecule has 0 atom stereocenters. The van der Waals surface area contributed by atoms with Crippen LogP contribution >= 0.6 is 133 Å². The van der Waals surface area contributed by atoms with Gasteiger partial charge in [-0.3, -0.25) is 0 Å². The van der Waals surface area contributed by atoms with Gasteiger partial charge in [-0.05, 0) is 168 Å². The largest absolute Gasteiger partial charge is 2.00 e. The number of pyridine rings is 16. The molecule has 6 radical (unpaired) electrons. The molecule has 0 saturated carbocycles. The Morgan fingerprint density at radius 2 is 0.306 bits per heavy atom. The Morgan fingerprint density at radius 3 is 0.388 bits per heavy atom. The number of hydrogen-bond donors (Lipinski definition) is 0. The van der Waals surface area contributed by atoms with Crippen molar-refractivity contribution < 1.29 is 151 Å². The van der Waals surface area contributed by atoms with Crippen molar-refractivity contribution >= 4 is 280 Å². The molecule has 0 N–H and O–H groups in total. The summed E-state index contributed by atoms with van der Waals surface area (Å²) in [5, 5.41) is 56.6. The van der Waals surface area contributed by atoms with E-state index in [0.29, 0.717) is 116 Å². The Balaban J connectivity index is 0. The van der Waals surface area contributed by atoms with Gasteiger partial charge in [-0.2, -0.15) is 10.3 Å². The molecule has 0 aliphatic carbocycles. The summed E-state index contributed by atoms with van der Waals surface area (Å²) in [4.78, 5) is 69.2. The van der Waals surface area contributed by atoms with E-state index in [4.69, 9.17) is 104 Å². The van der Waals surface area contributed by atoms with E-state index in [1.54, 1.807) is 49.6 Å². The number of rotatable bonds is 16. The molecule has 26 nitrogen and oxygen atoms in total. The van der Waals surface area contributed by atoms with Crippen molar-refractivity contribution in [3.63, 3.8) is 0 Å². The zero-order chi connectivity index (χ0) is 93.8. The van der Waals surface area contributed by atoms with Crippen molar-refractivity contribution in [2.24, 2.45) is 0 Å². The molecule has 0 fully saturated rings. The molecule has 714 valence electrons. The first-order valence-corrected chi connectivity index (χ1v) is 43.8. The van der Waals surface area contributed by atoms with Crippen LogP contribution in [0.4, 0.5) is 143 Å². The van der Waals surface area contributed by atoms with Crippen molar-refractivity contribution in [2.75, 3.05) is 21.4 Å². The van der Waals surface area contributed by atoms with Gasteiger partial charge in [0.2, 0.25) is 0 Å². The van der Waals surface area contributed by atoms with Crippen LogP contribution in [0.5, 0.6) is 0 Å². The SMILES string of the molecule is ClCCl.ClCCl.ClCCl.ClCCl.F[P-](F)(F)(F)(F)F.F[P-](F)(F)(F)(F)F.[Co+2].[Co+2].[Co+2].[Co+2].[Co+2].[Co+2].[N-]=C=S.[N-]=C=S.c1ccc([N-]c2ccc3ccc([N-]c4ccccn4)nc3n2)nc1.c1ccc([N-]c2ccc3ccc([N-]c4ccccn4)nc3n2)nc1.c1ccc([N-]c2ccc3ccc([N-]c4ccccn4)nc3n2)nc1.c1ccc([N-]c2ccc3ccc([N-]c4ccccn4)nc3n2)nc1. The Kier molecular flexibility index (Phi) is 60.6. The number of aromatic nitrogens is 16. The maximum Gasteiger partial charge on any atom is 2.00 e. The van der Waals surface area contributed by atoms with Crippen LogP contribution in [0.1, 0.15) is 0 Å². The third kappa shape index (κ3) is 59.6. The van der Waals surface area contributed by atoms with Crippen molar-refractivity contribution in [1.29, 1.82) is 0 Å². The van der Waals surface area contributed by atoms with Crippen LogP contribution < -0.4 is 0 Å². The molecule has 16 aromatic heterocycles. The molecule has 16 heterocycles. The van der Waals surface area contributed by atoms with E-state index in [1.807, 2.05) is 243 Å². The second-order valence-electron chi connectivity index (χ2n) is 22.4. The second kappa shape index (κ2) is 64.0. The van der Waals surface area contributed by atoms with Crippen LogP contribution in [0, 0.1) is 0 Å². The van der Waals surface area contributed by atoms with E-state index in [2.05, 4.69) is 147 Å². The maximum absolute atomic E-state index is 10.7. The molecule has 16 rings (SSSR count). The van der Waals surface area contributed by atoms with Gasteiger partial charge in [-0.25, -0.2) is 0 Å². The average molecular weight is 2350 g/mol. The van der Waals surface area contributed by atoms with E-state index >= 15 is 0 Å². The van der Waals surface area contributed by atoms with Crippen molar-refractivity contribution in [3.8, 4) is 0 Å². The van der Waals surface area contributed by atoms with Crippen LogP contribution in [0.15, 0.2) is 292 Å². The fraction of sp³-hybridized carbons (Fsp3) is 0.0513. The summed E-state index contributed by atoms with van der Waals surface area (Å²) < 4.78 is 118. The van der Waals surface area contributed by atoms with Gasteiger partial charge in [0.05, 0.1) is 21.4 Å². The topological polar surface area (TPSA) is 364 Å². The maximum atomic E-state index is 9.87. The minimum Gasteiger partial charge on any atom is -0.753 e. The molecule has 134 heavy (non-hydrogen) atoms.